The summed E-state index contributed by atoms with van der Waals surface area (Å²) in [5, 5.41) is 2.32. The average Bonchev–Trinajstić information content (AvgIpc) is 2.19. The molecule has 0 bridgehead atoms. The van der Waals surface area contributed by atoms with Crippen LogP contribution < -0.4 is 0 Å². The van der Waals surface area contributed by atoms with E-state index in [9.17, 15) is 0 Å². The van der Waals surface area contributed by atoms with Gasteiger partial charge in [-0.3, -0.25) is 0 Å². The summed E-state index contributed by atoms with van der Waals surface area (Å²) in [5.74, 6) is 0.818. The minimum atomic E-state index is -0.720. The van der Waals surface area contributed by atoms with Gasteiger partial charge in [0.2, 0.25) is 0 Å². The fourth-order valence-corrected chi connectivity index (χ4v) is 1.31. The lowest BCUT2D eigenvalue weighted by Crippen LogP contribution is -2.28. The van der Waals surface area contributed by atoms with E-state index in [1.54, 1.807) is 14.2 Å². The van der Waals surface area contributed by atoms with Gasteiger partial charge in [0.25, 0.3) is 0 Å². The summed E-state index contributed by atoms with van der Waals surface area (Å²) in [6.07, 6.45) is 6.09. The summed E-state index contributed by atoms with van der Waals surface area (Å²) < 4.78 is 10.4. The highest BCUT2D eigenvalue weighted by Gasteiger charge is 2.29. The monoisotopic (exact) mass is 197 g/mol. The first kappa shape index (κ1) is 10.1. The van der Waals surface area contributed by atoms with Gasteiger partial charge < -0.3 is 9.47 Å². The molecular formula is C9H11NO2S. The SMILES string of the molecule is COC1=CC=CC(N=C=S)(OC)C1. The van der Waals surface area contributed by atoms with Crippen LogP contribution in [0.4, 0.5) is 0 Å². The van der Waals surface area contributed by atoms with E-state index in [1.165, 1.54) is 0 Å². The molecule has 4 heteroatoms. The molecule has 0 heterocycles. The van der Waals surface area contributed by atoms with E-state index in [-0.39, 0.29) is 0 Å². The second-order valence-corrected chi connectivity index (χ2v) is 2.81. The molecule has 70 valence electrons. The summed E-state index contributed by atoms with van der Waals surface area (Å²) in [6, 6.07) is 0. The van der Waals surface area contributed by atoms with Crippen LogP contribution in [0.5, 0.6) is 0 Å². The largest absolute Gasteiger partial charge is 0.501 e. The van der Waals surface area contributed by atoms with Gasteiger partial charge in [-0.15, -0.1) is 0 Å². The Labute approximate surface area is 82.8 Å². The van der Waals surface area contributed by atoms with Gasteiger partial charge in [-0.2, -0.15) is 4.99 Å². The van der Waals surface area contributed by atoms with E-state index in [4.69, 9.17) is 9.47 Å². The Morgan fingerprint density at radius 3 is 2.92 bits per heavy atom. The van der Waals surface area contributed by atoms with E-state index < -0.39 is 5.72 Å². The number of nitrogens with zero attached hydrogens (tertiary/aromatic N) is 1. The molecule has 0 radical (unpaired) electrons. The molecule has 1 aliphatic rings. The fourth-order valence-electron chi connectivity index (χ4n) is 1.15. The fraction of sp³-hybridized carbons (Fsp3) is 0.444. The number of methoxy groups -OCH3 is 2. The normalized spacial score (nSPS) is 26.2. The molecule has 13 heavy (non-hydrogen) atoms. The molecule has 1 aliphatic carbocycles. The van der Waals surface area contributed by atoms with Gasteiger partial charge in [0.15, 0.2) is 5.72 Å². The predicted molar refractivity (Wildman–Crippen MR) is 53.6 cm³/mol. The van der Waals surface area contributed by atoms with E-state index in [1.807, 2.05) is 18.2 Å². The third-order valence-corrected chi connectivity index (χ3v) is 2.01. The quantitative estimate of drug-likeness (QED) is 0.511. The molecule has 0 spiro atoms. The third-order valence-electron chi connectivity index (χ3n) is 1.92. The molecule has 1 unspecified atom stereocenters. The molecule has 0 saturated carbocycles. The van der Waals surface area contributed by atoms with Crippen molar-refractivity contribution in [2.24, 2.45) is 4.99 Å². The number of aliphatic imine (C=N–C) groups is 1. The zero-order valence-electron chi connectivity index (χ0n) is 7.61. The second-order valence-electron chi connectivity index (χ2n) is 2.63. The van der Waals surface area contributed by atoms with Crippen molar-refractivity contribution in [2.45, 2.75) is 12.1 Å². The van der Waals surface area contributed by atoms with Gasteiger partial charge in [0.1, 0.15) is 5.76 Å². The van der Waals surface area contributed by atoms with Crippen molar-refractivity contribution in [3.8, 4) is 0 Å². The first-order chi connectivity index (χ1) is 6.26. The number of thiocarbonyl (C=S) groups is 1. The van der Waals surface area contributed by atoms with E-state index in [0.29, 0.717) is 6.42 Å². The highest BCUT2D eigenvalue weighted by Crippen LogP contribution is 2.27. The standard InChI is InChI=1S/C9H11NO2S/c1-11-8-4-3-5-9(6-8,12-2)10-7-13/h3-5H,6H2,1-2H3. The van der Waals surface area contributed by atoms with Gasteiger partial charge in [-0.05, 0) is 24.4 Å². The number of rotatable bonds is 3. The maximum absolute atomic E-state index is 5.25. The molecular weight excluding hydrogens is 186 g/mol. The Bertz CT molecular complexity index is 292. The van der Waals surface area contributed by atoms with Crippen LogP contribution in [-0.2, 0) is 9.47 Å². The molecule has 1 rings (SSSR count). The predicted octanol–water partition coefficient (Wildman–Crippen LogP) is 1.92. The van der Waals surface area contributed by atoms with Crippen LogP contribution in [0.15, 0.2) is 29.0 Å². The molecule has 0 amide bonds. The lowest BCUT2D eigenvalue weighted by molar-refractivity contribution is 0.0282. The topological polar surface area (TPSA) is 30.8 Å². The Morgan fingerprint density at radius 1 is 1.62 bits per heavy atom. The maximum atomic E-state index is 5.25. The molecule has 0 fully saturated rings. The highest BCUT2D eigenvalue weighted by molar-refractivity contribution is 7.78. The highest BCUT2D eigenvalue weighted by atomic mass is 32.1. The van der Waals surface area contributed by atoms with E-state index in [2.05, 4.69) is 22.4 Å². The first-order valence-corrected chi connectivity index (χ1v) is 4.24. The summed E-state index contributed by atoms with van der Waals surface area (Å²) in [7, 11) is 3.20. The van der Waals surface area contributed by atoms with Crippen molar-refractivity contribution in [2.75, 3.05) is 14.2 Å². The van der Waals surface area contributed by atoms with Crippen LogP contribution in [0.3, 0.4) is 0 Å². The smallest absolute Gasteiger partial charge is 0.194 e. The first-order valence-electron chi connectivity index (χ1n) is 3.83. The molecule has 1 atom stereocenters. The maximum Gasteiger partial charge on any atom is 0.194 e. The zero-order chi connectivity index (χ0) is 9.73. The van der Waals surface area contributed by atoms with Gasteiger partial charge in [0.05, 0.1) is 18.7 Å². The molecule has 3 nitrogen and oxygen atoms in total. The number of hydrogen-bond acceptors (Lipinski definition) is 4. The average molecular weight is 197 g/mol. The van der Waals surface area contributed by atoms with Crippen molar-refractivity contribution in [3.05, 3.63) is 24.0 Å². The van der Waals surface area contributed by atoms with Crippen LogP contribution in [0, 0.1) is 0 Å². The van der Waals surface area contributed by atoms with Crippen LogP contribution in [0.2, 0.25) is 0 Å². The molecule has 0 aliphatic heterocycles. The molecule has 0 N–H and O–H groups in total. The van der Waals surface area contributed by atoms with Crippen LogP contribution >= 0.6 is 12.2 Å². The lowest BCUT2D eigenvalue weighted by atomic mass is 10.0. The van der Waals surface area contributed by atoms with Gasteiger partial charge in [-0.1, -0.05) is 6.08 Å². The van der Waals surface area contributed by atoms with Gasteiger partial charge >= 0.3 is 0 Å². The third kappa shape index (κ3) is 2.25. The second kappa shape index (κ2) is 4.33. The minimum absolute atomic E-state index is 0.556. The van der Waals surface area contributed by atoms with Crippen LogP contribution in [0.25, 0.3) is 0 Å². The molecule has 0 aromatic heterocycles. The van der Waals surface area contributed by atoms with Crippen LogP contribution in [0.1, 0.15) is 6.42 Å². The minimum Gasteiger partial charge on any atom is -0.501 e. The summed E-state index contributed by atoms with van der Waals surface area (Å²) in [5.41, 5.74) is -0.720. The van der Waals surface area contributed by atoms with Crippen LogP contribution in [-0.4, -0.2) is 25.1 Å². The Balaban J connectivity index is 2.88. The van der Waals surface area contributed by atoms with Crippen molar-refractivity contribution < 1.29 is 9.47 Å². The molecule has 0 aromatic carbocycles. The number of hydrogen-bond donors (Lipinski definition) is 0. The summed E-state index contributed by atoms with van der Waals surface area (Å²) >= 11 is 4.56. The van der Waals surface area contributed by atoms with Gasteiger partial charge in [-0.25, -0.2) is 0 Å². The van der Waals surface area contributed by atoms with Crippen molar-refractivity contribution in [1.82, 2.24) is 0 Å². The van der Waals surface area contributed by atoms with Crippen molar-refractivity contribution in [3.63, 3.8) is 0 Å². The van der Waals surface area contributed by atoms with E-state index in [0.717, 1.165) is 5.76 Å². The Morgan fingerprint density at radius 2 is 2.38 bits per heavy atom. The molecule has 0 saturated heterocycles. The van der Waals surface area contributed by atoms with E-state index >= 15 is 0 Å². The zero-order valence-corrected chi connectivity index (χ0v) is 8.43. The Kier molecular flexibility index (Phi) is 3.37. The summed E-state index contributed by atoms with van der Waals surface area (Å²) in [6.45, 7) is 0. The summed E-state index contributed by atoms with van der Waals surface area (Å²) in [4.78, 5) is 3.97. The Hall–Kier alpha value is -0.960. The van der Waals surface area contributed by atoms with Crippen molar-refractivity contribution in [1.29, 1.82) is 0 Å². The lowest BCUT2D eigenvalue weighted by Gasteiger charge is -2.26. The molecule has 0 aromatic rings. The number of ether oxygens (including phenoxy) is 2. The number of isothiocyanates is 1. The number of allylic oxidation sites excluding steroid dienone is 2. The van der Waals surface area contributed by atoms with Crippen molar-refractivity contribution >= 4 is 17.4 Å². The van der Waals surface area contributed by atoms with Gasteiger partial charge in [0, 0.05) is 7.11 Å².